The fraction of sp³-hybridized carbons (Fsp3) is 0.429. The van der Waals surface area contributed by atoms with E-state index in [1.165, 1.54) is 4.90 Å². The van der Waals surface area contributed by atoms with Crippen molar-refractivity contribution < 1.29 is 27.9 Å². The molecule has 0 aromatic heterocycles. The lowest BCUT2D eigenvalue weighted by atomic mass is 9.90. The van der Waals surface area contributed by atoms with Gasteiger partial charge in [-0.15, -0.1) is 0 Å². The van der Waals surface area contributed by atoms with Gasteiger partial charge in [0.25, 0.3) is 0 Å². The van der Waals surface area contributed by atoms with Crippen LogP contribution in [0.2, 0.25) is 0 Å². The first-order valence-electron chi connectivity index (χ1n) is 6.48. The van der Waals surface area contributed by atoms with Gasteiger partial charge in [0.1, 0.15) is 0 Å². The maximum atomic E-state index is 12.2. The summed E-state index contributed by atoms with van der Waals surface area (Å²) in [6.07, 6.45) is -5.99. The van der Waals surface area contributed by atoms with Crippen molar-refractivity contribution >= 4 is 17.6 Å². The van der Waals surface area contributed by atoms with Crippen LogP contribution in [-0.4, -0.2) is 29.7 Å². The molecule has 0 aliphatic carbocycles. The Morgan fingerprint density at radius 2 is 1.95 bits per heavy atom. The number of para-hydroxylation sites is 1. The summed E-state index contributed by atoms with van der Waals surface area (Å²) in [5.74, 6) is -2.36. The number of rotatable bonds is 3. The lowest BCUT2D eigenvalue weighted by Gasteiger charge is -2.32. The molecule has 4 nitrogen and oxygen atoms in total. The van der Waals surface area contributed by atoms with E-state index in [1.54, 1.807) is 24.3 Å². The van der Waals surface area contributed by atoms with Crippen molar-refractivity contribution in [2.75, 3.05) is 11.4 Å². The molecule has 0 spiro atoms. The van der Waals surface area contributed by atoms with E-state index in [9.17, 15) is 22.8 Å². The molecule has 0 bridgehead atoms. The van der Waals surface area contributed by atoms with Crippen LogP contribution in [0, 0.1) is 0 Å². The van der Waals surface area contributed by atoms with E-state index in [-0.39, 0.29) is 13.0 Å². The Labute approximate surface area is 119 Å². The summed E-state index contributed by atoms with van der Waals surface area (Å²) in [4.78, 5) is 24.4. The summed E-state index contributed by atoms with van der Waals surface area (Å²) in [7, 11) is 0. The molecule has 1 unspecified atom stereocenters. The smallest absolute Gasteiger partial charge is 0.389 e. The third-order valence-electron chi connectivity index (χ3n) is 3.47. The number of carboxylic acid groups (broad SMARTS) is 1. The number of amides is 1. The third-order valence-corrected chi connectivity index (χ3v) is 3.47. The van der Waals surface area contributed by atoms with E-state index >= 15 is 0 Å². The van der Waals surface area contributed by atoms with E-state index in [1.807, 2.05) is 0 Å². The number of carbonyl (C=O) groups excluding carboxylic acids is 1. The van der Waals surface area contributed by atoms with Crippen molar-refractivity contribution in [2.45, 2.75) is 31.4 Å². The first kappa shape index (κ1) is 15.3. The fourth-order valence-corrected chi connectivity index (χ4v) is 2.46. The number of anilines is 1. The molecule has 0 saturated heterocycles. The van der Waals surface area contributed by atoms with E-state index in [0.29, 0.717) is 11.3 Å². The quantitative estimate of drug-likeness (QED) is 0.934. The summed E-state index contributed by atoms with van der Waals surface area (Å²) in [5, 5.41) is 9.17. The van der Waals surface area contributed by atoms with Crippen molar-refractivity contribution in [2.24, 2.45) is 0 Å². The molecule has 1 aromatic carbocycles. The molecule has 0 saturated carbocycles. The highest BCUT2D eigenvalue weighted by molar-refractivity contribution is 5.96. The lowest BCUT2D eigenvalue weighted by Crippen LogP contribution is -2.38. The maximum absolute atomic E-state index is 12.2. The zero-order valence-corrected chi connectivity index (χ0v) is 11.1. The van der Waals surface area contributed by atoms with Crippen LogP contribution in [0.1, 0.15) is 30.7 Å². The second-order valence-electron chi connectivity index (χ2n) is 4.90. The number of hydrogen-bond acceptors (Lipinski definition) is 2. The second-order valence-corrected chi connectivity index (χ2v) is 4.90. The molecule has 0 radical (unpaired) electrons. The number of alkyl halides is 3. The van der Waals surface area contributed by atoms with Crippen LogP contribution in [0.4, 0.5) is 18.9 Å². The second kappa shape index (κ2) is 5.75. The number of hydrogen-bond donors (Lipinski definition) is 1. The van der Waals surface area contributed by atoms with Crippen LogP contribution >= 0.6 is 0 Å². The molecular formula is C14H14F3NO3. The van der Waals surface area contributed by atoms with Crippen LogP contribution in [-0.2, 0) is 9.59 Å². The Kier molecular flexibility index (Phi) is 4.20. The number of aliphatic carboxylic acids is 1. The lowest BCUT2D eigenvalue weighted by molar-refractivity contribution is -0.143. The van der Waals surface area contributed by atoms with Gasteiger partial charge in [0, 0.05) is 18.7 Å². The molecule has 114 valence electrons. The Hall–Kier alpha value is -2.05. The zero-order valence-electron chi connectivity index (χ0n) is 11.1. The summed E-state index contributed by atoms with van der Waals surface area (Å²) < 4.78 is 36.6. The van der Waals surface area contributed by atoms with Crippen LogP contribution in [0.15, 0.2) is 24.3 Å². The molecular weight excluding hydrogens is 287 g/mol. The summed E-state index contributed by atoms with van der Waals surface area (Å²) in [6, 6.07) is 6.44. The Balaban J connectivity index is 2.21. The third kappa shape index (κ3) is 3.53. The summed E-state index contributed by atoms with van der Waals surface area (Å²) >= 11 is 0. The summed E-state index contributed by atoms with van der Waals surface area (Å²) in [5.41, 5.74) is 0.861. The van der Waals surface area contributed by atoms with Crippen molar-refractivity contribution in [3.63, 3.8) is 0 Å². The summed E-state index contributed by atoms with van der Waals surface area (Å²) in [6.45, 7) is 0.116. The van der Waals surface area contributed by atoms with E-state index in [2.05, 4.69) is 0 Å². The highest BCUT2D eigenvalue weighted by Gasteiger charge is 2.34. The van der Waals surface area contributed by atoms with Gasteiger partial charge >= 0.3 is 12.1 Å². The molecule has 1 aromatic rings. The van der Waals surface area contributed by atoms with E-state index in [4.69, 9.17) is 5.11 Å². The molecule has 1 aliphatic rings. The monoisotopic (exact) mass is 301 g/mol. The van der Waals surface area contributed by atoms with Gasteiger partial charge in [0.05, 0.1) is 12.3 Å². The van der Waals surface area contributed by atoms with Gasteiger partial charge in [-0.25, -0.2) is 0 Å². The minimum absolute atomic E-state index is 0.116. The molecule has 0 fully saturated rings. The molecule has 1 aliphatic heterocycles. The highest BCUT2D eigenvalue weighted by atomic mass is 19.4. The van der Waals surface area contributed by atoms with Crippen LogP contribution in [0.5, 0.6) is 0 Å². The van der Waals surface area contributed by atoms with E-state index < -0.39 is 36.8 Å². The van der Waals surface area contributed by atoms with Crippen molar-refractivity contribution in [1.82, 2.24) is 0 Å². The van der Waals surface area contributed by atoms with Crippen LogP contribution < -0.4 is 4.90 Å². The van der Waals surface area contributed by atoms with Crippen molar-refractivity contribution in [3.05, 3.63) is 29.8 Å². The van der Waals surface area contributed by atoms with Gasteiger partial charge in [-0.05, 0) is 18.1 Å². The average Bonchev–Trinajstić information content (AvgIpc) is 2.42. The minimum Gasteiger partial charge on any atom is -0.481 e. The highest BCUT2D eigenvalue weighted by Crippen LogP contribution is 2.36. The largest absolute Gasteiger partial charge is 0.481 e. The molecule has 1 amide bonds. The van der Waals surface area contributed by atoms with Gasteiger partial charge in [-0.1, -0.05) is 18.2 Å². The molecule has 1 atom stereocenters. The zero-order chi connectivity index (χ0) is 15.6. The molecule has 2 rings (SSSR count). The normalized spacial score (nSPS) is 18.2. The number of carboxylic acids is 1. The molecule has 21 heavy (non-hydrogen) atoms. The van der Waals surface area contributed by atoms with Crippen molar-refractivity contribution in [3.8, 4) is 0 Å². The molecule has 1 heterocycles. The number of fused-ring (bicyclic) bond motifs is 1. The van der Waals surface area contributed by atoms with Gasteiger partial charge < -0.3 is 10.0 Å². The number of halogens is 3. The maximum Gasteiger partial charge on any atom is 0.389 e. The molecule has 7 heteroatoms. The van der Waals surface area contributed by atoms with Gasteiger partial charge in [-0.2, -0.15) is 13.2 Å². The Morgan fingerprint density at radius 1 is 1.29 bits per heavy atom. The number of carbonyl (C=O) groups is 2. The fourth-order valence-electron chi connectivity index (χ4n) is 2.46. The van der Waals surface area contributed by atoms with Crippen LogP contribution in [0.25, 0.3) is 0 Å². The first-order valence-corrected chi connectivity index (χ1v) is 6.48. The van der Waals surface area contributed by atoms with Crippen LogP contribution in [0.3, 0.4) is 0 Å². The van der Waals surface area contributed by atoms with Gasteiger partial charge in [0.15, 0.2) is 0 Å². The number of benzene rings is 1. The topological polar surface area (TPSA) is 57.6 Å². The SMILES string of the molecule is O=C(O)C1CCN(C(=O)CCC(F)(F)F)c2ccccc21. The van der Waals surface area contributed by atoms with E-state index in [0.717, 1.165) is 0 Å². The Bertz CT molecular complexity index is 557. The van der Waals surface area contributed by atoms with Crippen molar-refractivity contribution in [1.29, 1.82) is 0 Å². The molecule has 1 N–H and O–H groups in total. The predicted molar refractivity (Wildman–Crippen MR) is 69.1 cm³/mol. The Morgan fingerprint density at radius 3 is 2.57 bits per heavy atom. The number of nitrogens with zero attached hydrogens (tertiary/aromatic N) is 1. The predicted octanol–water partition coefficient (Wildman–Crippen LogP) is 2.93. The standard InChI is InChI=1S/C14H14F3NO3/c15-14(16,17)7-5-12(19)18-8-6-10(13(20)21)9-3-1-2-4-11(9)18/h1-4,10H,5-8H2,(H,20,21). The van der Waals surface area contributed by atoms with Gasteiger partial charge in [-0.3, -0.25) is 9.59 Å². The van der Waals surface area contributed by atoms with Gasteiger partial charge in [0.2, 0.25) is 5.91 Å². The average molecular weight is 301 g/mol. The first-order chi connectivity index (χ1) is 9.79. The minimum atomic E-state index is -4.38.